The summed E-state index contributed by atoms with van der Waals surface area (Å²) in [5, 5.41) is 14.6. The van der Waals surface area contributed by atoms with Crippen molar-refractivity contribution in [3.05, 3.63) is 63.5 Å². The van der Waals surface area contributed by atoms with Crippen LogP contribution in [0.2, 0.25) is 0 Å². The van der Waals surface area contributed by atoms with E-state index in [1.54, 1.807) is 17.0 Å². The fourth-order valence-electron chi connectivity index (χ4n) is 3.33. The standard InChI is InChI=1S/C19H20FN3O5/c1-27-17-10-13(9-15(23(25)26)18(17)28-2)19(24)22-7-6-21-11-16(22)12-4-3-5-14(20)8-12/h3-5,8-10,16,21H,6-7,11H2,1-2H3. The van der Waals surface area contributed by atoms with Gasteiger partial charge in [-0.1, -0.05) is 12.1 Å². The largest absolute Gasteiger partial charge is 0.493 e. The van der Waals surface area contributed by atoms with E-state index in [9.17, 15) is 19.3 Å². The zero-order valence-electron chi connectivity index (χ0n) is 15.5. The Labute approximate surface area is 161 Å². The molecule has 1 atom stereocenters. The molecule has 2 aromatic rings. The Morgan fingerprint density at radius 2 is 2.07 bits per heavy atom. The van der Waals surface area contributed by atoms with Gasteiger partial charge in [0.1, 0.15) is 5.82 Å². The summed E-state index contributed by atoms with van der Waals surface area (Å²) < 4.78 is 23.9. The quantitative estimate of drug-likeness (QED) is 0.624. The average Bonchev–Trinajstić information content (AvgIpc) is 2.72. The van der Waals surface area contributed by atoms with Gasteiger partial charge in [0, 0.05) is 25.7 Å². The first kappa shape index (κ1) is 19.6. The lowest BCUT2D eigenvalue weighted by molar-refractivity contribution is -0.385. The number of nitrogens with zero attached hydrogens (tertiary/aromatic N) is 2. The van der Waals surface area contributed by atoms with Crippen LogP contribution in [-0.2, 0) is 0 Å². The summed E-state index contributed by atoms with van der Waals surface area (Å²) in [5.41, 5.74) is 0.394. The summed E-state index contributed by atoms with van der Waals surface area (Å²) >= 11 is 0. The summed E-state index contributed by atoms with van der Waals surface area (Å²) in [5.74, 6) is -0.749. The highest BCUT2D eigenvalue weighted by molar-refractivity contribution is 5.96. The van der Waals surface area contributed by atoms with E-state index in [0.29, 0.717) is 25.2 Å². The van der Waals surface area contributed by atoms with E-state index in [1.807, 2.05) is 0 Å². The summed E-state index contributed by atoms with van der Waals surface area (Å²) in [6, 6.07) is 8.25. The molecule has 28 heavy (non-hydrogen) atoms. The third-order valence-corrected chi connectivity index (χ3v) is 4.64. The molecule has 1 fully saturated rings. The Bertz CT molecular complexity index is 905. The van der Waals surface area contributed by atoms with Gasteiger partial charge in [0.25, 0.3) is 5.91 Å². The molecule has 0 aliphatic carbocycles. The molecule has 1 saturated heterocycles. The van der Waals surface area contributed by atoms with Gasteiger partial charge in [-0.3, -0.25) is 14.9 Å². The van der Waals surface area contributed by atoms with Crippen molar-refractivity contribution < 1.29 is 23.6 Å². The smallest absolute Gasteiger partial charge is 0.315 e. The molecule has 0 spiro atoms. The van der Waals surface area contributed by atoms with E-state index in [2.05, 4.69) is 5.32 Å². The van der Waals surface area contributed by atoms with E-state index >= 15 is 0 Å². The van der Waals surface area contributed by atoms with Gasteiger partial charge in [0.15, 0.2) is 5.75 Å². The van der Waals surface area contributed by atoms with Gasteiger partial charge in [0.05, 0.1) is 30.7 Å². The second kappa shape index (κ2) is 8.22. The van der Waals surface area contributed by atoms with Crippen LogP contribution in [0.3, 0.4) is 0 Å². The molecule has 1 heterocycles. The van der Waals surface area contributed by atoms with Crippen molar-refractivity contribution in [1.29, 1.82) is 0 Å². The monoisotopic (exact) mass is 389 g/mol. The highest BCUT2D eigenvalue weighted by atomic mass is 19.1. The number of ether oxygens (including phenoxy) is 2. The van der Waals surface area contributed by atoms with Crippen molar-refractivity contribution in [3.63, 3.8) is 0 Å². The van der Waals surface area contributed by atoms with E-state index in [4.69, 9.17) is 9.47 Å². The second-order valence-electron chi connectivity index (χ2n) is 6.26. The molecular formula is C19H20FN3O5. The molecule has 1 aliphatic heterocycles. The third-order valence-electron chi connectivity index (χ3n) is 4.64. The summed E-state index contributed by atoms with van der Waals surface area (Å²) in [6.45, 7) is 1.39. The fraction of sp³-hybridized carbons (Fsp3) is 0.316. The fourth-order valence-corrected chi connectivity index (χ4v) is 3.33. The van der Waals surface area contributed by atoms with Gasteiger partial charge in [-0.05, 0) is 23.8 Å². The number of amides is 1. The summed E-state index contributed by atoms with van der Waals surface area (Å²) in [7, 11) is 2.64. The first-order valence-electron chi connectivity index (χ1n) is 8.63. The predicted molar refractivity (Wildman–Crippen MR) is 99.2 cm³/mol. The van der Waals surface area contributed by atoms with Crippen LogP contribution in [-0.4, -0.2) is 49.6 Å². The Morgan fingerprint density at radius 3 is 2.71 bits per heavy atom. The molecule has 0 radical (unpaired) electrons. The molecule has 9 heteroatoms. The number of carbonyl (C=O) groups is 1. The zero-order chi connectivity index (χ0) is 20.3. The molecule has 8 nitrogen and oxygen atoms in total. The van der Waals surface area contributed by atoms with Crippen molar-refractivity contribution in [3.8, 4) is 11.5 Å². The van der Waals surface area contributed by atoms with Gasteiger partial charge in [-0.2, -0.15) is 0 Å². The molecule has 1 amide bonds. The number of nitro benzene ring substituents is 1. The van der Waals surface area contributed by atoms with E-state index < -0.39 is 22.7 Å². The van der Waals surface area contributed by atoms with Crippen molar-refractivity contribution in [2.24, 2.45) is 0 Å². The topological polar surface area (TPSA) is 93.9 Å². The van der Waals surface area contributed by atoms with Gasteiger partial charge in [-0.25, -0.2) is 4.39 Å². The minimum absolute atomic E-state index is 0.0500. The minimum atomic E-state index is -0.625. The molecule has 148 valence electrons. The Hall–Kier alpha value is -3.20. The number of halogens is 1. The van der Waals surface area contributed by atoms with E-state index in [1.165, 1.54) is 38.5 Å². The second-order valence-corrected chi connectivity index (χ2v) is 6.26. The molecular weight excluding hydrogens is 369 g/mol. The number of piperazine rings is 1. The highest BCUT2D eigenvalue weighted by Gasteiger charge is 2.31. The maximum Gasteiger partial charge on any atom is 0.315 e. The van der Waals surface area contributed by atoms with Crippen LogP contribution in [0.4, 0.5) is 10.1 Å². The number of hydrogen-bond acceptors (Lipinski definition) is 6. The van der Waals surface area contributed by atoms with Crippen LogP contribution in [0.15, 0.2) is 36.4 Å². The van der Waals surface area contributed by atoms with Crippen LogP contribution in [0.25, 0.3) is 0 Å². The van der Waals surface area contributed by atoms with Crippen molar-refractivity contribution in [2.75, 3.05) is 33.9 Å². The SMILES string of the molecule is COc1cc(C(=O)N2CCNCC2c2cccc(F)c2)cc([N+](=O)[O-])c1OC. The van der Waals surface area contributed by atoms with Crippen LogP contribution in [0, 0.1) is 15.9 Å². The van der Waals surface area contributed by atoms with Crippen LogP contribution >= 0.6 is 0 Å². The number of benzene rings is 2. The number of rotatable bonds is 5. The molecule has 0 aromatic heterocycles. The lowest BCUT2D eigenvalue weighted by Gasteiger charge is -2.36. The van der Waals surface area contributed by atoms with Crippen molar-refractivity contribution >= 4 is 11.6 Å². The zero-order valence-corrected chi connectivity index (χ0v) is 15.5. The van der Waals surface area contributed by atoms with Gasteiger partial charge in [-0.15, -0.1) is 0 Å². The molecule has 1 aliphatic rings. The lowest BCUT2D eigenvalue weighted by Crippen LogP contribution is -2.48. The Morgan fingerprint density at radius 1 is 1.29 bits per heavy atom. The number of nitro groups is 1. The van der Waals surface area contributed by atoms with E-state index in [0.717, 1.165) is 0 Å². The maximum atomic E-state index is 13.7. The molecule has 1 unspecified atom stereocenters. The lowest BCUT2D eigenvalue weighted by atomic mass is 10.0. The van der Waals surface area contributed by atoms with Gasteiger partial charge < -0.3 is 19.7 Å². The summed E-state index contributed by atoms with van der Waals surface area (Å²) in [6.07, 6.45) is 0. The van der Waals surface area contributed by atoms with Crippen LogP contribution in [0.1, 0.15) is 22.0 Å². The Kier molecular flexibility index (Phi) is 5.74. The molecule has 3 rings (SSSR count). The number of nitrogens with one attached hydrogen (secondary N) is 1. The van der Waals surface area contributed by atoms with Crippen molar-refractivity contribution in [1.82, 2.24) is 10.2 Å². The van der Waals surface area contributed by atoms with E-state index in [-0.39, 0.29) is 22.7 Å². The third kappa shape index (κ3) is 3.74. The maximum absolute atomic E-state index is 13.7. The van der Waals surface area contributed by atoms with Crippen LogP contribution in [0.5, 0.6) is 11.5 Å². The average molecular weight is 389 g/mol. The summed E-state index contributed by atoms with van der Waals surface area (Å²) in [4.78, 5) is 25.6. The van der Waals surface area contributed by atoms with Gasteiger partial charge >= 0.3 is 5.69 Å². The number of hydrogen-bond donors (Lipinski definition) is 1. The Balaban J connectivity index is 2.01. The normalized spacial score (nSPS) is 16.5. The number of methoxy groups -OCH3 is 2. The molecule has 0 bridgehead atoms. The van der Waals surface area contributed by atoms with Crippen molar-refractivity contribution in [2.45, 2.75) is 6.04 Å². The number of carbonyl (C=O) groups excluding carboxylic acids is 1. The first-order valence-corrected chi connectivity index (χ1v) is 8.63. The molecule has 0 saturated carbocycles. The first-order chi connectivity index (χ1) is 13.5. The van der Waals surface area contributed by atoms with Crippen LogP contribution < -0.4 is 14.8 Å². The minimum Gasteiger partial charge on any atom is -0.493 e. The highest BCUT2D eigenvalue weighted by Crippen LogP contribution is 2.38. The molecule has 2 aromatic carbocycles. The molecule has 1 N–H and O–H groups in total. The predicted octanol–water partition coefficient (Wildman–Crippen LogP) is 2.54. The van der Waals surface area contributed by atoms with Gasteiger partial charge in [0.2, 0.25) is 5.75 Å².